The van der Waals surface area contributed by atoms with Crippen LogP contribution >= 0.6 is 0 Å². The summed E-state index contributed by atoms with van der Waals surface area (Å²) in [4.78, 5) is 2.33. The predicted molar refractivity (Wildman–Crippen MR) is 134 cm³/mol. The van der Waals surface area contributed by atoms with Crippen LogP contribution in [-0.4, -0.2) is 50.2 Å². The fourth-order valence-electron chi connectivity index (χ4n) is 5.44. The van der Waals surface area contributed by atoms with Crippen molar-refractivity contribution < 1.29 is 24.1 Å². The Morgan fingerprint density at radius 1 is 1.14 bits per heavy atom. The van der Waals surface area contributed by atoms with Gasteiger partial charge in [-0.1, -0.05) is 24.8 Å². The van der Waals surface area contributed by atoms with Gasteiger partial charge in [-0.15, -0.1) is 0 Å². The lowest BCUT2D eigenvalue weighted by molar-refractivity contribution is 0.0859. The Morgan fingerprint density at radius 3 is 2.57 bits per heavy atom. The van der Waals surface area contributed by atoms with E-state index in [2.05, 4.69) is 23.6 Å². The van der Waals surface area contributed by atoms with Gasteiger partial charge >= 0.3 is 0 Å². The molecule has 2 unspecified atom stereocenters. The zero-order valence-electron chi connectivity index (χ0n) is 19.8. The lowest BCUT2D eigenvalue weighted by Gasteiger charge is -2.36. The van der Waals surface area contributed by atoms with Gasteiger partial charge in [0.05, 0.1) is 17.8 Å². The third kappa shape index (κ3) is 4.33. The molecule has 35 heavy (non-hydrogen) atoms. The Balaban J connectivity index is 1.55. The summed E-state index contributed by atoms with van der Waals surface area (Å²) in [6.45, 7) is 6.88. The van der Waals surface area contributed by atoms with Crippen molar-refractivity contribution in [2.75, 3.05) is 37.7 Å². The van der Waals surface area contributed by atoms with Gasteiger partial charge in [0.1, 0.15) is 30.8 Å². The number of nitrogens with zero attached hydrogens (tertiary/aromatic N) is 1. The Kier molecular flexibility index (Phi) is 6.60. The van der Waals surface area contributed by atoms with Crippen molar-refractivity contribution in [1.29, 1.82) is 0 Å². The quantitative estimate of drug-likeness (QED) is 0.372. The van der Waals surface area contributed by atoms with Gasteiger partial charge in [-0.3, -0.25) is 0 Å². The first-order valence-electron chi connectivity index (χ1n) is 12.1. The molecule has 5 N–H and O–H groups in total. The second-order valence-electron chi connectivity index (χ2n) is 9.13. The average Bonchev–Trinajstić information content (AvgIpc) is 3.10. The maximum Gasteiger partial charge on any atom is 0.168 e. The Hall–Kier alpha value is -3.20. The summed E-state index contributed by atoms with van der Waals surface area (Å²) in [7, 11) is 0. The monoisotopic (exact) mass is 479 g/mol. The van der Waals surface area contributed by atoms with Crippen LogP contribution in [0.15, 0.2) is 55.3 Å². The number of ether oxygens (including phenoxy) is 4. The highest BCUT2D eigenvalue weighted by Crippen LogP contribution is 2.56. The molecule has 8 heteroatoms. The van der Waals surface area contributed by atoms with E-state index in [4.69, 9.17) is 30.4 Å². The molecule has 1 aliphatic carbocycles. The van der Waals surface area contributed by atoms with E-state index < -0.39 is 6.10 Å². The third-order valence-electron chi connectivity index (χ3n) is 6.95. The molecule has 3 atom stereocenters. The molecule has 8 nitrogen and oxygen atoms in total. The summed E-state index contributed by atoms with van der Waals surface area (Å²) in [5, 5.41) is 10.3. The number of anilines is 1. The number of rotatable bonds is 9. The molecule has 3 aliphatic rings. The third-order valence-corrected chi connectivity index (χ3v) is 6.95. The van der Waals surface area contributed by atoms with Crippen LogP contribution in [-0.2, 0) is 12.0 Å². The van der Waals surface area contributed by atoms with Crippen molar-refractivity contribution in [2.24, 2.45) is 11.5 Å². The second-order valence-corrected chi connectivity index (χ2v) is 9.13. The molecule has 2 aliphatic heterocycles. The normalized spacial score (nSPS) is 24.1. The van der Waals surface area contributed by atoms with Crippen LogP contribution in [0.25, 0.3) is 0 Å². The molecule has 2 aromatic rings. The number of hydrogen-bond donors (Lipinski definition) is 3. The van der Waals surface area contributed by atoms with E-state index >= 15 is 0 Å². The fourth-order valence-corrected chi connectivity index (χ4v) is 5.44. The predicted octanol–water partition coefficient (Wildman–Crippen LogP) is 2.61. The molecule has 2 aromatic carbocycles. The van der Waals surface area contributed by atoms with Gasteiger partial charge in [0, 0.05) is 62.0 Å². The Bertz CT molecular complexity index is 1090. The minimum Gasteiger partial charge on any atom is -0.492 e. The number of aliphatic hydroxyl groups excluding tert-OH is 1. The van der Waals surface area contributed by atoms with E-state index in [-0.39, 0.29) is 11.5 Å². The highest BCUT2D eigenvalue weighted by atomic mass is 16.5. The molecule has 0 radical (unpaired) electrons. The summed E-state index contributed by atoms with van der Waals surface area (Å²) >= 11 is 0. The summed E-state index contributed by atoms with van der Waals surface area (Å²) < 4.78 is 23.8. The average molecular weight is 480 g/mol. The van der Waals surface area contributed by atoms with Gasteiger partial charge in [0.15, 0.2) is 11.5 Å². The van der Waals surface area contributed by atoms with Gasteiger partial charge in [-0.25, -0.2) is 0 Å². The molecule has 0 saturated carbocycles. The number of nitrogens with two attached hydrogens (primary N) is 2. The van der Waals surface area contributed by atoms with Crippen molar-refractivity contribution in [3.05, 3.63) is 66.5 Å². The van der Waals surface area contributed by atoms with Gasteiger partial charge in [0.2, 0.25) is 0 Å². The fraction of sp³-hybridized carbons (Fsp3) is 0.407. The van der Waals surface area contributed by atoms with Crippen molar-refractivity contribution in [2.45, 2.75) is 37.0 Å². The van der Waals surface area contributed by atoms with Crippen LogP contribution in [0.3, 0.4) is 0 Å². The zero-order valence-corrected chi connectivity index (χ0v) is 19.8. The highest BCUT2D eigenvalue weighted by Gasteiger charge is 2.52. The molecule has 0 fully saturated rings. The van der Waals surface area contributed by atoms with E-state index in [1.807, 2.05) is 30.3 Å². The van der Waals surface area contributed by atoms with E-state index in [9.17, 15) is 5.11 Å². The molecule has 0 aromatic heterocycles. The van der Waals surface area contributed by atoms with E-state index in [0.29, 0.717) is 56.5 Å². The van der Waals surface area contributed by atoms with Crippen LogP contribution in [0.2, 0.25) is 0 Å². The molecule has 0 bridgehead atoms. The van der Waals surface area contributed by atoms with Crippen LogP contribution in [0.4, 0.5) is 5.69 Å². The molecule has 5 rings (SSSR count). The summed E-state index contributed by atoms with van der Waals surface area (Å²) in [5.41, 5.74) is 14.3. The van der Waals surface area contributed by atoms with E-state index in [1.54, 1.807) is 0 Å². The van der Waals surface area contributed by atoms with Crippen molar-refractivity contribution >= 4 is 5.69 Å². The topological polar surface area (TPSA) is 112 Å². The maximum absolute atomic E-state index is 10.3. The van der Waals surface area contributed by atoms with Crippen molar-refractivity contribution in [3.63, 3.8) is 0 Å². The van der Waals surface area contributed by atoms with Crippen molar-refractivity contribution in [3.8, 4) is 23.0 Å². The smallest absolute Gasteiger partial charge is 0.168 e. The first kappa shape index (κ1) is 23.5. The van der Waals surface area contributed by atoms with Gasteiger partial charge in [0.25, 0.3) is 0 Å². The molecule has 1 spiro atoms. The number of benzene rings is 2. The number of hydrogen-bond acceptors (Lipinski definition) is 8. The summed E-state index contributed by atoms with van der Waals surface area (Å²) in [5.74, 6) is 2.82. The van der Waals surface area contributed by atoms with E-state index in [1.165, 1.54) is 6.26 Å². The zero-order chi connectivity index (χ0) is 24.4. The van der Waals surface area contributed by atoms with Gasteiger partial charge in [-0.05, 0) is 18.1 Å². The summed E-state index contributed by atoms with van der Waals surface area (Å²) in [6.07, 6.45) is 6.13. The Morgan fingerprint density at radius 2 is 1.89 bits per heavy atom. The molecular formula is C27H33N3O5. The highest BCUT2D eigenvalue weighted by molar-refractivity contribution is 5.64. The first-order chi connectivity index (χ1) is 17.1. The first-order valence-corrected chi connectivity index (χ1v) is 12.1. The molecule has 0 saturated heterocycles. The molecular weight excluding hydrogens is 446 g/mol. The summed E-state index contributed by atoms with van der Waals surface area (Å²) in [6, 6.07) is 9.96. The van der Waals surface area contributed by atoms with Gasteiger partial charge < -0.3 is 40.4 Å². The van der Waals surface area contributed by atoms with Crippen LogP contribution in [0.1, 0.15) is 24.0 Å². The Labute approximate surface area is 205 Å². The van der Waals surface area contributed by atoms with Crippen LogP contribution < -0.4 is 35.3 Å². The standard InChI is InChI=1S/C27H33N3O5/c1-2-32-23-4-3-18-17-30(19-13-21(33-11-8-28)16-22(14-19)34-12-9-29)10-7-27-6-5-20(31)15-24(27)35-26(23)25(18)27/h2-6,13-14,16,20,24,31H,1,7-12,15,17,28-29H2/t20-,24?,27?/m0/s1. The second kappa shape index (κ2) is 9.81. The number of aliphatic hydroxyl groups is 1. The minimum atomic E-state index is -0.523. The SMILES string of the molecule is C=COc1ccc2c3c1OC1C[C@@H](O)C=CC31CCN(c1cc(OCCN)cc(OCCN)c1)C2. The largest absolute Gasteiger partial charge is 0.492 e. The lowest BCUT2D eigenvalue weighted by Crippen LogP contribution is -2.43. The van der Waals surface area contributed by atoms with Crippen LogP contribution in [0.5, 0.6) is 23.0 Å². The minimum absolute atomic E-state index is 0.159. The van der Waals surface area contributed by atoms with Crippen LogP contribution in [0, 0.1) is 0 Å². The molecule has 2 heterocycles. The maximum atomic E-state index is 10.3. The van der Waals surface area contributed by atoms with Crippen molar-refractivity contribution in [1.82, 2.24) is 0 Å². The molecule has 0 amide bonds. The molecule has 186 valence electrons. The lowest BCUT2D eigenvalue weighted by atomic mass is 9.69. The van der Waals surface area contributed by atoms with E-state index in [0.717, 1.165) is 35.5 Å². The van der Waals surface area contributed by atoms with Gasteiger partial charge in [-0.2, -0.15) is 0 Å².